The minimum Gasteiger partial charge on any atom is -0.371 e. The van der Waals surface area contributed by atoms with Crippen molar-refractivity contribution in [2.45, 2.75) is 46.1 Å². The molecule has 3 amide bonds. The first-order valence-electron chi connectivity index (χ1n) is 12.8. The summed E-state index contributed by atoms with van der Waals surface area (Å²) in [6, 6.07) is 23.5. The average molecular weight is 485 g/mol. The van der Waals surface area contributed by atoms with Gasteiger partial charge in [-0.1, -0.05) is 48.5 Å². The third-order valence-electron chi connectivity index (χ3n) is 6.63. The Morgan fingerprint density at radius 1 is 0.917 bits per heavy atom. The Labute approximate surface area is 214 Å². The first-order chi connectivity index (χ1) is 17.4. The van der Waals surface area contributed by atoms with Crippen molar-refractivity contribution in [2.75, 3.05) is 28.6 Å². The minimum atomic E-state index is -0.339. The Hall–Kier alpha value is -3.80. The first kappa shape index (κ1) is 25.3. The summed E-state index contributed by atoms with van der Waals surface area (Å²) < 4.78 is 0. The largest absolute Gasteiger partial charge is 0.371 e. The number of carbonyl (C=O) groups is 2. The lowest BCUT2D eigenvalue weighted by atomic mass is 9.89. The zero-order chi connectivity index (χ0) is 25.5. The van der Waals surface area contributed by atoms with E-state index in [1.807, 2.05) is 57.2 Å². The molecule has 0 atom stereocenters. The van der Waals surface area contributed by atoms with Gasteiger partial charge in [-0.25, -0.2) is 4.79 Å². The predicted molar refractivity (Wildman–Crippen MR) is 148 cm³/mol. The number of urea groups is 1. The van der Waals surface area contributed by atoms with Crippen LogP contribution in [0.5, 0.6) is 0 Å². The number of benzene rings is 3. The van der Waals surface area contributed by atoms with E-state index in [1.165, 1.54) is 5.56 Å². The highest BCUT2D eigenvalue weighted by Gasteiger charge is 2.24. The van der Waals surface area contributed by atoms with Crippen molar-refractivity contribution in [3.05, 3.63) is 89.5 Å². The molecule has 0 radical (unpaired) electrons. The number of amides is 3. The molecular weight excluding hydrogens is 448 g/mol. The molecule has 36 heavy (non-hydrogen) atoms. The molecule has 1 saturated heterocycles. The molecule has 1 aliphatic heterocycles. The van der Waals surface area contributed by atoms with Gasteiger partial charge in [0.25, 0.3) is 5.91 Å². The summed E-state index contributed by atoms with van der Waals surface area (Å²) in [4.78, 5) is 28.1. The van der Waals surface area contributed by atoms with Gasteiger partial charge in [-0.3, -0.25) is 4.79 Å². The van der Waals surface area contributed by atoms with Crippen molar-refractivity contribution in [1.29, 1.82) is 0 Å². The lowest BCUT2D eigenvalue weighted by Crippen LogP contribution is -2.37. The van der Waals surface area contributed by atoms with Gasteiger partial charge in [0.1, 0.15) is 0 Å². The van der Waals surface area contributed by atoms with Crippen molar-refractivity contribution in [3.63, 3.8) is 0 Å². The maximum atomic E-state index is 13.1. The van der Waals surface area contributed by atoms with Gasteiger partial charge in [0.05, 0.1) is 5.56 Å². The maximum Gasteiger partial charge on any atom is 0.323 e. The summed E-state index contributed by atoms with van der Waals surface area (Å²) in [6.07, 6.45) is 3.26. The van der Waals surface area contributed by atoms with Crippen LogP contribution in [0, 0.1) is 12.8 Å². The number of para-hydroxylation sites is 1. The quantitative estimate of drug-likeness (QED) is 0.372. The molecular formula is C30H36N4O2. The molecule has 0 unspecified atom stereocenters. The monoisotopic (exact) mass is 484 g/mol. The molecule has 3 N–H and O–H groups in total. The van der Waals surface area contributed by atoms with Gasteiger partial charge in [-0.15, -0.1) is 0 Å². The second kappa shape index (κ2) is 11.8. The number of nitrogens with zero attached hydrogens (tertiary/aromatic N) is 1. The van der Waals surface area contributed by atoms with Crippen molar-refractivity contribution in [3.8, 4) is 0 Å². The van der Waals surface area contributed by atoms with Crippen molar-refractivity contribution in [1.82, 2.24) is 5.32 Å². The molecule has 4 rings (SSSR count). The minimum absolute atomic E-state index is 0.0166. The number of anilines is 3. The van der Waals surface area contributed by atoms with Crippen molar-refractivity contribution in [2.24, 2.45) is 5.92 Å². The molecule has 0 saturated carbocycles. The average Bonchev–Trinajstić information content (AvgIpc) is 2.86. The van der Waals surface area contributed by atoms with E-state index < -0.39 is 0 Å². The molecule has 0 aromatic heterocycles. The molecule has 6 nitrogen and oxygen atoms in total. The Morgan fingerprint density at radius 3 is 2.31 bits per heavy atom. The highest BCUT2D eigenvalue weighted by molar-refractivity contribution is 6.04. The lowest BCUT2D eigenvalue weighted by Gasteiger charge is -2.35. The zero-order valence-electron chi connectivity index (χ0n) is 21.4. The fraction of sp³-hybridized carbons (Fsp3) is 0.333. The van der Waals surface area contributed by atoms with Gasteiger partial charge in [0, 0.05) is 36.2 Å². The van der Waals surface area contributed by atoms with E-state index in [9.17, 15) is 9.59 Å². The smallest absolute Gasteiger partial charge is 0.323 e. The van der Waals surface area contributed by atoms with Crippen LogP contribution in [0.2, 0.25) is 0 Å². The van der Waals surface area contributed by atoms with Crippen LogP contribution in [0.1, 0.15) is 48.2 Å². The molecule has 0 bridgehead atoms. The van der Waals surface area contributed by atoms with Crippen molar-refractivity contribution < 1.29 is 9.59 Å². The van der Waals surface area contributed by atoms with Gasteiger partial charge in [0.2, 0.25) is 0 Å². The molecule has 1 fully saturated rings. The summed E-state index contributed by atoms with van der Waals surface area (Å²) in [5, 5.41) is 8.78. The number of hydrogen-bond donors (Lipinski definition) is 3. The fourth-order valence-electron chi connectivity index (χ4n) is 4.73. The molecule has 1 aliphatic rings. The van der Waals surface area contributed by atoms with Crippen LogP contribution in [0.15, 0.2) is 72.8 Å². The number of piperidine rings is 1. The van der Waals surface area contributed by atoms with Gasteiger partial charge in [-0.05, 0) is 81.3 Å². The van der Waals surface area contributed by atoms with E-state index in [1.54, 1.807) is 6.07 Å². The number of hydrogen-bond acceptors (Lipinski definition) is 3. The summed E-state index contributed by atoms with van der Waals surface area (Å²) in [7, 11) is 0. The summed E-state index contributed by atoms with van der Waals surface area (Å²) in [5.41, 5.74) is 5.19. The second-order valence-corrected chi connectivity index (χ2v) is 9.87. The zero-order valence-corrected chi connectivity index (χ0v) is 21.4. The van der Waals surface area contributed by atoms with Crippen LogP contribution in [-0.4, -0.2) is 31.1 Å². The van der Waals surface area contributed by atoms with E-state index in [4.69, 9.17) is 0 Å². The number of nitrogens with one attached hydrogen (secondary N) is 3. The van der Waals surface area contributed by atoms with E-state index in [0.29, 0.717) is 17.2 Å². The number of rotatable bonds is 7. The number of aryl methyl sites for hydroxylation is 1. The molecule has 3 aromatic carbocycles. The van der Waals surface area contributed by atoms with E-state index in [2.05, 4.69) is 51.2 Å². The Kier molecular flexibility index (Phi) is 8.26. The van der Waals surface area contributed by atoms with E-state index >= 15 is 0 Å². The third kappa shape index (κ3) is 6.66. The third-order valence-corrected chi connectivity index (χ3v) is 6.63. The Morgan fingerprint density at radius 2 is 1.61 bits per heavy atom. The number of carbonyl (C=O) groups excluding carboxylic acids is 2. The Bertz CT molecular complexity index is 1180. The highest BCUT2D eigenvalue weighted by Crippen LogP contribution is 2.30. The second-order valence-electron chi connectivity index (χ2n) is 9.87. The SMILES string of the molecule is Cc1ccccc1NC(=O)Nc1ccc(N2CCC(Cc3ccccc3)CC2)c(C(=O)NC(C)C)c1. The summed E-state index contributed by atoms with van der Waals surface area (Å²) >= 11 is 0. The summed E-state index contributed by atoms with van der Waals surface area (Å²) in [5.74, 6) is 0.511. The molecule has 0 spiro atoms. The standard InChI is InChI=1S/C30H36N4O2/c1-21(2)31-29(35)26-20-25(32-30(36)33-27-12-8-7-9-22(27)3)13-14-28(26)34-17-15-24(16-18-34)19-23-10-5-4-6-11-23/h4-14,20-21,24H,15-19H2,1-3H3,(H,31,35)(H2,32,33,36). The molecule has 0 aliphatic carbocycles. The van der Waals surface area contributed by atoms with Crippen LogP contribution in [-0.2, 0) is 6.42 Å². The first-order valence-corrected chi connectivity index (χ1v) is 12.8. The molecule has 6 heteroatoms. The van der Waals surface area contributed by atoms with Crippen LogP contribution in [0.3, 0.4) is 0 Å². The topological polar surface area (TPSA) is 73.5 Å². The molecule has 1 heterocycles. The van der Waals surface area contributed by atoms with Crippen LogP contribution in [0.4, 0.5) is 21.9 Å². The predicted octanol–water partition coefficient (Wildman–Crippen LogP) is 6.24. The van der Waals surface area contributed by atoms with Gasteiger partial charge >= 0.3 is 6.03 Å². The van der Waals surface area contributed by atoms with Crippen LogP contribution in [0.25, 0.3) is 0 Å². The summed E-state index contributed by atoms with van der Waals surface area (Å²) in [6.45, 7) is 7.65. The normalized spacial score (nSPS) is 13.9. The van der Waals surface area contributed by atoms with E-state index in [-0.39, 0.29) is 18.0 Å². The van der Waals surface area contributed by atoms with Gasteiger partial charge in [-0.2, -0.15) is 0 Å². The molecule has 3 aromatic rings. The van der Waals surface area contributed by atoms with Gasteiger partial charge < -0.3 is 20.9 Å². The van der Waals surface area contributed by atoms with Crippen molar-refractivity contribution >= 4 is 29.0 Å². The highest BCUT2D eigenvalue weighted by atomic mass is 16.2. The van der Waals surface area contributed by atoms with Gasteiger partial charge in [0.15, 0.2) is 0 Å². The van der Waals surface area contributed by atoms with E-state index in [0.717, 1.165) is 49.3 Å². The maximum absolute atomic E-state index is 13.1. The fourth-order valence-corrected chi connectivity index (χ4v) is 4.73. The Balaban J connectivity index is 1.47. The molecule has 188 valence electrons. The lowest BCUT2D eigenvalue weighted by molar-refractivity contribution is 0.0943. The van der Waals surface area contributed by atoms with Crippen LogP contribution >= 0.6 is 0 Å². The van der Waals surface area contributed by atoms with Crippen LogP contribution < -0.4 is 20.9 Å².